The van der Waals surface area contributed by atoms with E-state index in [1.54, 1.807) is 12.4 Å². The minimum absolute atomic E-state index is 0.409. The number of imidazole rings is 1. The van der Waals surface area contributed by atoms with Crippen molar-refractivity contribution in [2.45, 2.75) is 32.9 Å². The number of pyridine rings is 2. The van der Waals surface area contributed by atoms with Crippen molar-refractivity contribution in [2.75, 3.05) is 6.61 Å². The lowest BCUT2D eigenvalue weighted by atomic mass is 10.1. The van der Waals surface area contributed by atoms with Crippen LogP contribution in [-0.2, 0) is 24.3 Å². The van der Waals surface area contributed by atoms with Crippen LogP contribution in [0.1, 0.15) is 24.9 Å². The SMILES string of the molecule is CCOCc1nc2c(Cl)nc3ccccc3c2n1CCCc1cc(-c2cccnc2)no1. The number of hydrogen-bond acceptors (Lipinski definition) is 6. The maximum absolute atomic E-state index is 6.49. The van der Waals surface area contributed by atoms with Crippen molar-refractivity contribution in [3.05, 3.63) is 71.6 Å². The quantitative estimate of drug-likeness (QED) is 0.294. The van der Waals surface area contributed by atoms with Gasteiger partial charge < -0.3 is 13.8 Å². The summed E-state index contributed by atoms with van der Waals surface area (Å²) >= 11 is 6.49. The van der Waals surface area contributed by atoms with Gasteiger partial charge in [0.1, 0.15) is 29.4 Å². The lowest BCUT2D eigenvalue weighted by Crippen LogP contribution is -2.07. The van der Waals surface area contributed by atoms with Gasteiger partial charge in [-0.3, -0.25) is 4.98 Å². The summed E-state index contributed by atoms with van der Waals surface area (Å²) in [5.74, 6) is 1.68. The van der Waals surface area contributed by atoms with Crippen LogP contribution in [0.3, 0.4) is 0 Å². The third-order valence-electron chi connectivity index (χ3n) is 5.38. The Balaban J connectivity index is 1.43. The number of benzene rings is 1. The minimum atomic E-state index is 0.409. The van der Waals surface area contributed by atoms with E-state index in [0.29, 0.717) is 23.9 Å². The van der Waals surface area contributed by atoms with Crippen LogP contribution in [0.4, 0.5) is 0 Å². The van der Waals surface area contributed by atoms with Crippen LogP contribution in [0, 0.1) is 0 Å². The highest BCUT2D eigenvalue weighted by Gasteiger charge is 2.18. The first kappa shape index (κ1) is 20.6. The summed E-state index contributed by atoms with van der Waals surface area (Å²) in [5, 5.41) is 5.62. The van der Waals surface area contributed by atoms with Crippen molar-refractivity contribution >= 4 is 33.5 Å². The van der Waals surface area contributed by atoms with Crippen LogP contribution in [0.15, 0.2) is 59.4 Å². The van der Waals surface area contributed by atoms with Crippen LogP contribution in [-0.4, -0.2) is 31.3 Å². The molecule has 5 aromatic rings. The van der Waals surface area contributed by atoms with Crippen molar-refractivity contribution in [2.24, 2.45) is 0 Å². The molecule has 1 aromatic carbocycles. The molecule has 4 heterocycles. The van der Waals surface area contributed by atoms with Crippen LogP contribution in [0.2, 0.25) is 5.15 Å². The lowest BCUT2D eigenvalue weighted by molar-refractivity contribution is 0.126. The largest absolute Gasteiger partial charge is 0.374 e. The summed E-state index contributed by atoms with van der Waals surface area (Å²) in [4.78, 5) is 13.4. The van der Waals surface area contributed by atoms with E-state index < -0.39 is 0 Å². The zero-order valence-electron chi connectivity index (χ0n) is 17.7. The molecule has 0 aliphatic rings. The Morgan fingerprint density at radius 3 is 2.88 bits per heavy atom. The minimum Gasteiger partial charge on any atom is -0.374 e. The summed E-state index contributed by atoms with van der Waals surface area (Å²) in [6, 6.07) is 13.8. The predicted molar refractivity (Wildman–Crippen MR) is 123 cm³/mol. The van der Waals surface area contributed by atoms with Crippen molar-refractivity contribution in [3.8, 4) is 11.3 Å². The fourth-order valence-corrected chi connectivity index (χ4v) is 4.11. The number of aromatic nitrogens is 5. The Labute approximate surface area is 190 Å². The molecule has 0 fully saturated rings. The van der Waals surface area contributed by atoms with Gasteiger partial charge in [-0.05, 0) is 31.5 Å². The zero-order valence-corrected chi connectivity index (χ0v) is 18.4. The van der Waals surface area contributed by atoms with E-state index >= 15 is 0 Å². The van der Waals surface area contributed by atoms with E-state index in [1.165, 1.54) is 0 Å². The van der Waals surface area contributed by atoms with Gasteiger partial charge in [-0.1, -0.05) is 35.0 Å². The van der Waals surface area contributed by atoms with Crippen LogP contribution in [0.25, 0.3) is 33.2 Å². The highest BCUT2D eigenvalue weighted by atomic mass is 35.5. The molecule has 0 unspecified atom stereocenters. The van der Waals surface area contributed by atoms with Gasteiger partial charge in [-0.2, -0.15) is 0 Å². The highest BCUT2D eigenvalue weighted by Crippen LogP contribution is 2.30. The zero-order chi connectivity index (χ0) is 21.9. The van der Waals surface area contributed by atoms with Gasteiger partial charge in [0.15, 0.2) is 5.15 Å². The highest BCUT2D eigenvalue weighted by molar-refractivity contribution is 6.35. The monoisotopic (exact) mass is 447 g/mol. The second kappa shape index (κ2) is 9.06. The van der Waals surface area contributed by atoms with Gasteiger partial charge in [0, 0.05) is 49.0 Å². The fourth-order valence-electron chi connectivity index (χ4n) is 3.88. The summed E-state index contributed by atoms with van der Waals surface area (Å²) < 4.78 is 13.4. The molecule has 0 radical (unpaired) electrons. The standard InChI is InChI=1S/C24H22ClN5O2/c1-2-31-15-21-28-22-23(18-9-3-4-10-19(18)27-24(22)25)30(21)12-6-8-17-13-20(29-32-17)16-7-5-11-26-14-16/h3-5,7,9-11,13-14H,2,6,8,12,15H2,1H3. The molecular formula is C24H22ClN5O2. The van der Waals surface area contributed by atoms with Crippen molar-refractivity contribution in [3.63, 3.8) is 0 Å². The lowest BCUT2D eigenvalue weighted by Gasteiger charge is -2.10. The van der Waals surface area contributed by atoms with Crippen LogP contribution >= 0.6 is 11.6 Å². The molecule has 5 rings (SSSR count). The summed E-state index contributed by atoms with van der Waals surface area (Å²) in [7, 11) is 0. The first-order valence-electron chi connectivity index (χ1n) is 10.6. The van der Waals surface area contributed by atoms with Gasteiger partial charge >= 0.3 is 0 Å². The average molecular weight is 448 g/mol. The molecule has 0 N–H and O–H groups in total. The van der Waals surface area contributed by atoms with Gasteiger partial charge in [-0.15, -0.1) is 0 Å². The maximum Gasteiger partial charge on any atom is 0.157 e. The molecule has 0 amide bonds. The van der Waals surface area contributed by atoms with Crippen LogP contribution < -0.4 is 0 Å². The van der Waals surface area contributed by atoms with E-state index in [4.69, 9.17) is 25.8 Å². The summed E-state index contributed by atoms with van der Waals surface area (Å²) in [6.07, 6.45) is 5.12. The van der Waals surface area contributed by atoms with Gasteiger partial charge in [0.25, 0.3) is 0 Å². The Morgan fingerprint density at radius 2 is 2.03 bits per heavy atom. The third-order valence-corrected chi connectivity index (χ3v) is 5.64. The van der Waals surface area contributed by atoms with Gasteiger partial charge in [0.05, 0.1) is 11.0 Å². The molecule has 8 heteroatoms. The number of fused-ring (bicyclic) bond motifs is 3. The Hall–Kier alpha value is -3.29. The molecule has 32 heavy (non-hydrogen) atoms. The molecule has 4 aromatic heterocycles. The number of rotatable bonds is 8. The number of hydrogen-bond donors (Lipinski definition) is 0. The van der Waals surface area contributed by atoms with Crippen molar-refractivity contribution in [1.29, 1.82) is 0 Å². The molecular weight excluding hydrogens is 426 g/mol. The smallest absolute Gasteiger partial charge is 0.157 e. The molecule has 0 bridgehead atoms. The number of para-hydroxylation sites is 1. The number of nitrogens with zero attached hydrogens (tertiary/aromatic N) is 5. The van der Waals surface area contributed by atoms with Gasteiger partial charge in [-0.25, -0.2) is 9.97 Å². The predicted octanol–water partition coefficient (Wildman–Crippen LogP) is 5.46. The topological polar surface area (TPSA) is 78.9 Å². The molecule has 0 spiro atoms. The van der Waals surface area contributed by atoms with E-state index in [2.05, 4.69) is 25.8 Å². The molecule has 162 valence electrons. The molecule has 0 aliphatic carbocycles. The molecule has 0 saturated carbocycles. The number of aryl methyl sites for hydroxylation is 2. The average Bonchev–Trinajstić information content (AvgIpc) is 3.44. The normalized spacial score (nSPS) is 11.6. The van der Waals surface area contributed by atoms with E-state index in [0.717, 1.165) is 58.6 Å². The second-order valence-electron chi connectivity index (χ2n) is 7.46. The first-order valence-corrected chi connectivity index (χ1v) is 11.0. The van der Waals surface area contributed by atoms with E-state index in [-0.39, 0.29) is 0 Å². The van der Waals surface area contributed by atoms with Crippen molar-refractivity contribution < 1.29 is 9.26 Å². The first-order chi connectivity index (χ1) is 15.7. The number of ether oxygens (including phenoxy) is 1. The Kier molecular flexibility index (Phi) is 5.83. The molecule has 7 nitrogen and oxygen atoms in total. The molecule has 0 saturated heterocycles. The molecule has 0 atom stereocenters. The third kappa shape index (κ3) is 3.97. The Bertz CT molecular complexity index is 1360. The molecule has 0 aliphatic heterocycles. The summed E-state index contributed by atoms with van der Waals surface area (Å²) in [6.45, 7) is 3.75. The number of halogens is 1. The second-order valence-corrected chi connectivity index (χ2v) is 7.82. The van der Waals surface area contributed by atoms with Gasteiger partial charge in [0.2, 0.25) is 0 Å². The van der Waals surface area contributed by atoms with Crippen LogP contribution in [0.5, 0.6) is 0 Å². The van der Waals surface area contributed by atoms with E-state index in [9.17, 15) is 0 Å². The van der Waals surface area contributed by atoms with Crippen molar-refractivity contribution in [1.82, 2.24) is 24.7 Å². The van der Waals surface area contributed by atoms with E-state index in [1.807, 2.05) is 43.3 Å². The summed E-state index contributed by atoms with van der Waals surface area (Å²) in [5.41, 5.74) is 4.28. The Morgan fingerprint density at radius 1 is 1.12 bits per heavy atom. The maximum atomic E-state index is 6.49. The fraction of sp³-hybridized carbons (Fsp3) is 0.250.